The van der Waals surface area contributed by atoms with Gasteiger partial charge >= 0.3 is 0 Å². The van der Waals surface area contributed by atoms with Crippen molar-refractivity contribution in [1.82, 2.24) is 20.2 Å². The summed E-state index contributed by atoms with van der Waals surface area (Å²) in [6.45, 7) is 0.986. The molecule has 3 atom stereocenters. The average molecular weight is 384 g/mol. The summed E-state index contributed by atoms with van der Waals surface area (Å²) in [5, 5.41) is 2.87. The van der Waals surface area contributed by atoms with Crippen LogP contribution < -0.4 is 5.32 Å². The number of hydrogen-bond acceptors (Lipinski definition) is 5. The van der Waals surface area contributed by atoms with Crippen molar-refractivity contribution >= 4 is 11.8 Å². The predicted molar refractivity (Wildman–Crippen MR) is 97.4 cm³/mol. The number of ether oxygens (including phenoxy) is 1. The smallest absolute Gasteiger partial charge is 0.249 e. The van der Waals surface area contributed by atoms with Gasteiger partial charge in [0.2, 0.25) is 11.8 Å². The Kier molecular flexibility index (Phi) is 5.29. The largest absolute Gasteiger partial charge is 0.363 e. The minimum atomic E-state index is -0.564. The predicted octanol–water partition coefficient (Wildman–Crippen LogP) is 1.23. The topological polar surface area (TPSA) is 84.4 Å². The molecule has 7 nitrogen and oxygen atoms in total. The molecule has 4 rings (SSSR count). The number of amides is 2. The van der Waals surface area contributed by atoms with Crippen molar-refractivity contribution in [1.29, 1.82) is 0 Å². The van der Waals surface area contributed by atoms with Crippen molar-refractivity contribution in [2.75, 3.05) is 6.54 Å². The number of carbonyl (C=O) groups excluding carboxylic acids is 2. The molecule has 0 aromatic carbocycles. The first-order valence-corrected chi connectivity index (χ1v) is 9.32. The molecule has 28 heavy (non-hydrogen) atoms. The van der Waals surface area contributed by atoms with Gasteiger partial charge in [-0.15, -0.1) is 0 Å². The Morgan fingerprint density at radius 3 is 2.93 bits per heavy atom. The van der Waals surface area contributed by atoms with Crippen LogP contribution in [-0.4, -0.2) is 51.5 Å². The van der Waals surface area contributed by atoms with Gasteiger partial charge in [-0.25, -0.2) is 4.39 Å². The van der Waals surface area contributed by atoms with E-state index in [-0.39, 0.29) is 30.4 Å². The van der Waals surface area contributed by atoms with E-state index in [2.05, 4.69) is 15.3 Å². The molecule has 0 saturated carbocycles. The zero-order valence-corrected chi connectivity index (χ0v) is 15.3. The Morgan fingerprint density at radius 1 is 1.29 bits per heavy atom. The fraction of sp³-hybridized carbons (Fsp3) is 0.400. The second-order valence-corrected chi connectivity index (χ2v) is 7.07. The molecule has 2 aromatic rings. The van der Waals surface area contributed by atoms with E-state index in [1.54, 1.807) is 17.3 Å². The van der Waals surface area contributed by atoms with E-state index < -0.39 is 11.9 Å². The van der Waals surface area contributed by atoms with Crippen LogP contribution in [0.25, 0.3) is 0 Å². The monoisotopic (exact) mass is 384 g/mol. The Balaban J connectivity index is 1.32. The molecular formula is C20H21FN4O3. The molecule has 2 fully saturated rings. The van der Waals surface area contributed by atoms with E-state index in [9.17, 15) is 14.0 Å². The van der Waals surface area contributed by atoms with Crippen LogP contribution in [0, 0.1) is 5.82 Å². The lowest BCUT2D eigenvalue weighted by atomic mass is 10.1. The van der Waals surface area contributed by atoms with Crippen molar-refractivity contribution < 1.29 is 18.7 Å². The third-order valence-electron chi connectivity index (χ3n) is 5.20. The number of rotatable bonds is 5. The lowest BCUT2D eigenvalue weighted by molar-refractivity contribution is -0.132. The first-order chi connectivity index (χ1) is 13.6. The van der Waals surface area contributed by atoms with Gasteiger partial charge in [0, 0.05) is 37.6 Å². The molecule has 2 aromatic heterocycles. The van der Waals surface area contributed by atoms with Crippen LogP contribution in [0.4, 0.5) is 4.39 Å². The van der Waals surface area contributed by atoms with Crippen LogP contribution in [0.5, 0.6) is 0 Å². The van der Waals surface area contributed by atoms with Gasteiger partial charge in [0.15, 0.2) is 0 Å². The van der Waals surface area contributed by atoms with Gasteiger partial charge < -0.3 is 15.0 Å². The molecule has 146 valence electrons. The standard InChI is InChI=1S/C20H21FN4O3/c21-14-3-4-15(23-12-14)8-19(26)25-7-5-17-16(25)9-18(28-17)20(27)24-11-13-2-1-6-22-10-13/h1-4,6,10,12,16-18H,5,7-9,11H2,(H,24,27)/t16-,17-,18-/m1/s1. The Hall–Kier alpha value is -2.87. The van der Waals surface area contributed by atoms with Crippen LogP contribution >= 0.6 is 0 Å². The Bertz CT molecular complexity index is 846. The van der Waals surface area contributed by atoms with Gasteiger partial charge in [-0.05, 0) is 30.2 Å². The van der Waals surface area contributed by atoms with Crippen molar-refractivity contribution in [2.24, 2.45) is 0 Å². The summed E-state index contributed by atoms with van der Waals surface area (Å²) >= 11 is 0. The summed E-state index contributed by atoms with van der Waals surface area (Å²) in [6, 6.07) is 6.41. The molecule has 0 bridgehead atoms. The molecule has 0 unspecified atom stereocenters. The number of carbonyl (C=O) groups is 2. The Labute approximate surface area is 161 Å². The zero-order chi connectivity index (χ0) is 19.5. The van der Waals surface area contributed by atoms with E-state index >= 15 is 0 Å². The number of hydrogen-bond donors (Lipinski definition) is 1. The minimum absolute atomic E-state index is 0.0772. The summed E-state index contributed by atoms with van der Waals surface area (Å²) in [7, 11) is 0. The summed E-state index contributed by atoms with van der Waals surface area (Å²) in [5.74, 6) is -0.681. The van der Waals surface area contributed by atoms with E-state index in [0.717, 1.165) is 11.8 Å². The fourth-order valence-corrected chi connectivity index (χ4v) is 3.80. The molecule has 0 radical (unpaired) electrons. The highest BCUT2D eigenvalue weighted by atomic mass is 19.1. The van der Waals surface area contributed by atoms with Crippen LogP contribution in [0.1, 0.15) is 24.1 Å². The number of likely N-dealkylation sites (tertiary alicyclic amines) is 1. The van der Waals surface area contributed by atoms with Gasteiger partial charge in [0.25, 0.3) is 0 Å². The molecule has 0 aliphatic carbocycles. The van der Waals surface area contributed by atoms with Gasteiger partial charge in [-0.3, -0.25) is 19.6 Å². The molecule has 4 heterocycles. The maximum absolute atomic E-state index is 13.0. The average Bonchev–Trinajstić information content (AvgIpc) is 3.29. The van der Waals surface area contributed by atoms with Gasteiger partial charge in [0.1, 0.15) is 11.9 Å². The molecular weight excluding hydrogens is 363 g/mol. The molecule has 0 spiro atoms. The van der Waals surface area contributed by atoms with Crippen LogP contribution in [-0.2, 0) is 27.3 Å². The number of nitrogens with zero attached hydrogens (tertiary/aromatic N) is 3. The third kappa shape index (κ3) is 4.01. The van der Waals surface area contributed by atoms with Crippen LogP contribution in [0.15, 0.2) is 42.9 Å². The van der Waals surface area contributed by atoms with Crippen LogP contribution in [0.3, 0.4) is 0 Å². The summed E-state index contributed by atoms with van der Waals surface area (Å²) in [5.41, 5.74) is 1.44. The summed E-state index contributed by atoms with van der Waals surface area (Å²) in [4.78, 5) is 34.8. The zero-order valence-electron chi connectivity index (χ0n) is 15.3. The van der Waals surface area contributed by atoms with E-state index in [0.29, 0.717) is 31.6 Å². The fourth-order valence-electron chi connectivity index (χ4n) is 3.80. The maximum Gasteiger partial charge on any atom is 0.249 e. The van der Waals surface area contributed by atoms with E-state index in [1.807, 2.05) is 12.1 Å². The van der Waals surface area contributed by atoms with Crippen LogP contribution in [0.2, 0.25) is 0 Å². The second kappa shape index (κ2) is 8.02. The lowest BCUT2D eigenvalue weighted by Crippen LogP contribution is -2.39. The first-order valence-electron chi connectivity index (χ1n) is 9.32. The minimum Gasteiger partial charge on any atom is -0.363 e. The molecule has 2 amide bonds. The molecule has 2 aliphatic heterocycles. The van der Waals surface area contributed by atoms with Gasteiger partial charge in [0.05, 0.1) is 24.8 Å². The van der Waals surface area contributed by atoms with E-state index in [4.69, 9.17) is 4.74 Å². The molecule has 2 aliphatic rings. The molecule has 2 saturated heterocycles. The van der Waals surface area contributed by atoms with Gasteiger partial charge in [-0.2, -0.15) is 0 Å². The highest BCUT2D eigenvalue weighted by Crippen LogP contribution is 2.33. The lowest BCUT2D eigenvalue weighted by Gasteiger charge is -2.23. The maximum atomic E-state index is 13.0. The second-order valence-electron chi connectivity index (χ2n) is 7.07. The highest BCUT2D eigenvalue weighted by Gasteiger charge is 2.47. The van der Waals surface area contributed by atoms with Crippen molar-refractivity contribution in [3.05, 3.63) is 59.9 Å². The Morgan fingerprint density at radius 2 is 2.18 bits per heavy atom. The normalized spacial score (nSPS) is 23.5. The van der Waals surface area contributed by atoms with Gasteiger partial charge in [-0.1, -0.05) is 6.07 Å². The number of pyridine rings is 2. The SMILES string of the molecule is O=C(NCc1cccnc1)[C@H]1C[C@@H]2[C@@H](CCN2C(=O)Cc2ccc(F)cn2)O1. The van der Waals surface area contributed by atoms with E-state index in [1.165, 1.54) is 12.1 Å². The molecule has 8 heteroatoms. The summed E-state index contributed by atoms with van der Waals surface area (Å²) < 4.78 is 18.9. The third-order valence-corrected chi connectivity index (χ3v) is 5.20. The number of fused-ring (bicyclic) bond motifs is 1. The van der Waals surface area contributed by atoms with Crippen molar-refractivity contribution in [3.63, 3.8) is 0 Å². The number of aromatic nitrogens is 2. The highest BCUT2D eigenvalue weighted by molar-refractivity contribution is 5.82. The number of nitrogens with one attached hydrogen (secondary N) is 1. The summed E-state index contributed by atoms with van der Waals surface area (Å²) in [6.07, 6.45) is 5.10. The quantitative estimate of drug-likeness (QED) is 0.838. The number of halogens is 1. The first kappa shape index (κ1) is 18.5. The van der Waals surface area contributed by atoms with Crippen molar-refractivity contribution in [2.45, 2.75) is 44.1 Å². The molecule has 1 N–H and O–H groups in total. The van der Waals surface area contributed by atoms with Crippen molar-refractivity contribution in [3.8, 4) is 0 Å².